The lowest BCUT2D eigenvalue weighted by Crippen LogP contribution is -2.31. The summed E-state index contributed by atoms with van der Waals surface area (Å²) in [5.41, 5.74) is 0. The lowest BCUT2D eigenvalue weighted by atomic mass is 9.89. The lowest BCUT2D eigenvalue weighted by Gasteiger charge is -2.21. The second kappa shape index (κ2) is 3.96. The van der Waals surface area contributed by atoms with E-state index in [0.29, 0.717) is 11.7 Å². The number of furan rings is 1. The molecule has 0 radical (unpaired) electrons. The van der Waals surface area contributed by atoms with Gasteiger partial charge in [-0.3, -0.25) is 4.79 Å². The Hall–Kier alpha value is -1.25. The maximum atomic E-state index is 11.7. The van der Waals surface area contributed by atoms with Crippen molar-refractivity contribution in [1.29, 1.82) is 0 Å². The molecule has 3 heteroatoms. The van der Waals surface area contributed by atoms with Crippen LogP contribution < -0.4 is 5.32 Å². The Kier molecular flexibility index (Phi) is 2.46. The first kappa shape index (κ1) is 9.94. The van der Waals surface area contributed by atoms with Crippen LogP contribution in [0.25, 0.3) is 0 Å². The van der Waals surface area contributed by atoms with Crippen LogP contribution in [-0.2, 0) is 0 Å². The molecule has 1 N–H and O–H groups in total. The van der Waals surface area contributed by atoms with Gasteiger partial charge < -0.3 is 9.73 Å². The van der Waals surface area contributed by atoms with E-state index in [1.54, 1.807) is 12.1 Å². The van der Waals surface area contributed by atoms with Crippen molar-refractivity contribution in [2.24, 2.45) is 17.8 Å². The summed E-state index contributed by atoms with van der Waals surface area (Å²) < 4.78 is 5.06. The highest BCUT2D eigenvalue weighted by atomic mass is 16.3. The molecule has 1 aromatic rings. The molecule has 1 heterocycles. The first-order valence-electron chi connectivity index (χ1n) is 6.14. The van der Waals surface area contributed by atoms with Gasteiger partial charge in [0.05, 0.1) is 6.26 Å². The summed E-state index contributed by atoms with van der Waals surface area (Å²) in [5, 5.41) is 2.98. The van der Waals surface area contributed by atoms with Crippen LogP contribution in [0.3, 0.4) is 0 Å². The van der Waals surface area contributed by atoms with Gasteiger partial charge in [0.2, 0.25) is 0 Å². The van der Waals surface area contributed by atoms with E-state index in [1.807, 2.05) is 0 Å². The quantitative estimate of drug-likeness (QED) is 0.848. The Morgan fingerprint density at radius 1 is 1.44 bits per heavy atom. The van der Waals surface area contributed by atoms with Crippen LogP contribution in [0.2, 0.25) is 0 Å². The van der Waals surface area contributed by atoms with Crippen molar-refractivity contribution >= 4 is 5.91 Å². The normalized spacial score (nSPS) is 31.9. The van der Waals surface area contributed by atoms with Gasteiger partial charge in [-0.2, -0.15) is 0 Å². The summed E-state index contributed by atoms with van der Waals surface area (Å²) in [7, 11) is 0. The molecule has 16 heavy (non-hydrogen) atoms. The molecule has 2 bridgehead atoms. The maximum Gasteiger partial charge on any atom is 0.286 e. The smallest absolute Gasteiger partial charge is 0.286 e. The molecule has 2 saturated carbocycles. The molecular formula is C13H17NO2. The molecule has 3 rings (SSSR count). The summed E-state index contributed by atoms with van der Waals surface area (Å²) in [4.78, 5) is 11.7. The van der Waals surface area contributed by atoms with Crippen LogP contribution in [0.15, 0.2) is 22.8 Å². The Bertz CT molecular complexity index is 371. The van der Waals surface area contributed by atoms with Crippen molar-refractivity contribution in [1.82, 2.24) is 5.32 Å². The second-order valence-corrected chi connectivity index (χ2v) is 5.12. The number of amides is 1. The van der Waals surface area contributed by atoms with Crippen molar-refractivity contribution in [2.45, 2.75) is 25.7 Å². The Morgan fingerprint density at radius 2 is 2.38 bits per heavy atom. The third-order valence-electron chi connectivity index (χ3n) is 4.15. The van der Waals surface area contributed by atoms with Gasteiger partial charge in [0.1, 0.15) is 0 Å². The molecule has 86 valence electrons. The van der Waals surface area contributed by atoms with E-state index in [0.717, 1.165) is 18.4 Å². The molecule has 0 aromatic carbocycles. The number of rotatable bonds is 3. The molecule has 1 amide bonds. The highest BCUT2D eigenvalue weighted by Gasteiger charge is 2.39. The average Bonchev–Trinajstić information content (AvgIpc) is 3.01. The van der Waals surface area contributed by atoms with Crippen LogP contribution in [0.4, 0.5) is 0 Å². The first-order valence-corrected chi connectivity index (χ1v) is 6.14. The van der Waals surface area contributed by atoms with E-state index in [4.69, 9.17) is 4.42 Å². The van der Waals surface area contributed by atoms with Crippen molar-refractivity contribution in [2.75, 3.05) is 6.54 Å². The van der Waals surface area contributed by atoms with E-state index in [1.165, 1.54) is 31.9 Å². The highest BCUT2D eigenvalue weighted by Crippen LogP contribution is 2.47. The summed E-state index contributed by atoms with van der Waals surface area (Å²) in [6, 6.07) is 3.45. The zero-order chi connectivity index (χ0) is 11.0. The van der Waals surface area contributed by atoms with Crippen LogP contribution >= 0.6 is 0 Å². The fourth-order valence-corrected chi connectivity index (χ4v) is 3.35. The topological polar surface area (TPSA) is 42.2 Å². The number of carbonyl (C=O) groups excluding carboxylic acids is 1. The lowest BCUT2D eigenvalue weighted by molar-refractivity contribution is 0.0914. The third kappa shape index (κ3) is 1.75. The largest absolute Gasteiger partial charge is 0.459 e. The van der Waals surface area contributed by atoms with Crippen molar-refractivity contribution in [3.8, 4) is 0 Å². The van der Waals surface area contributed by atoms with E-state index < -0.39 is 0 Å². The minimum atomic E-state index is -0.0761. The van der Waals surface area contributed by atoms with Crippen LogP contribution in [0.5, 0.6) is 0 Å². The van der Waals surface area contributed by atoms with E-state index in [2.05, 4.69) is 5.32 Å². The van der Waals surface area contributed by atoms with Gasteiger partial charge in [-0.15, -0.1) is 0 Å². The predicted octanol–water partition coefficient (Wildman–Crippen LogP) is 2.45. The molecule has 0 aliphatic heterocycles. The predicted molar refractivity (Wildman–Crippen MR) is 60.0 cm³/mol. The zero-order valence-corrected chi connectivity index (χ0v) is 9.32. The van der Waals surface area contributed by atoms with Gasteiger partial charge in [0.25, 0.3) is 5.91 Å². The second-order valence-electron chi connectivity index (χ2n) is 5.12. The molecule has 0 spiro atoms. The summed E-state index contributed by atoms with van der Waals surface area (Å²) in [5.74, 6) is 2.85. The summed E-state index contributed by atoms with van der Waals surface area (Å²) >= 11 is 0. The molecule has 0 saturated heterocycles. The van der Waals surface area contributed by atoms with Crippen molar-refractivity contribution in [3.05, 3.63) is 24.2 Å². The number of carbonyl (C=O) groups is 1. The molecule has 2 aliphatic carbocycles. The molecular weight excluding hydrogens is 202 g/mol. The van der Waals surface area contributed by atoms with Crippen LogP contribution in [0, 0.1) is 17.8 Å². The molecule has 3 unspecified atom stereocenters. The number of nitrogens with one attached hydrogen (secondary N) is 1. The van der Waals surface area contributed by atoms with Gasteiger partial charge in [-0.25, -0.2) is 0 Å². The molecule has 3 nitrogen and oxygen atoms in total. The van der Waals surface area contributed by atoms with Gasteiger partial charge in [0.15, 0.2) is 5.76 Å². The molecule has 3 atom stereocenters. The van der Waals surface area contributed by atoms with Crippen molar-refractivity contribution in [3.63, 3.8) is 0 Å². The van der Waals surface area contributed by atoms with Crippen LogP contribution in [-0.4, -0.2) is 12.5 Å². The monoisotopic (exact) mass is 219 g/mol. The standard InChI is InChI=1S/C13H17NO2/c15-13(12-2-1-5-16-12)14-8-11-7-9-3-4-10(11)6-9/h1-2,5,9-11H,3-4,6-8H2,(H,14,15). The van der Waals surface area contributed by atoms with Gasteiger partial charge >= 0.3 is 0 Å². The van der Waals surface area contributed by atoms with Crippen LogP contribution in [0.1, 0.15) is 36.2 Å². The van der Waals surface area contributed by atoms with E-state index >= 15 is 0 Å². The summed E-state index contributed by atoms with van der Waals surface area (Å²) in [6.07, 6.45) is 7.01. The minimum absolute atomic E-state index is 0.0761. The number of hydrogen-bond acceptors (Lipinski definition) is 2. The van der Waals surface area contributed by atoms with Gasteiger partial charge in [-0.1, -0.05) is 6.42 Å². The zero-order valence-electron chi connectivity index (χ0n) is 9.32. The molecule has 2 fully saturated rings. The number of hydrogen-bond donors (Lipinski definition) is 1. The third-order valence-corrected chi connectivity index (χ3v) is 4.15. The van der Waals surface area contributed by atoms with Gasteiger partial charge in [-0.05, 0) is 49.1 Å². The fraction of sp³-hybridized carbons (Fsp3) is 0.615. The van der Waals surface area contributed by atoms with E-state index in [9.17, 15) is 4.79 Å². The fourth-order valence-electron chi connectivity index (χ4n) is 3.35. The Labute approximate surface area is 95.2 Å². The molecule has 2 aliphatic rings. The Morgan fingerprint density at radius 3 is 3.00 bits per heavy atom. The Balaban J connectivity index is 1.52. The van der Waals surface area contributed by atoms with E-state index in [-0.39, 0.29) is 5.91 Å². The van der Waals surface area contributed by atoms with Crippen molar-refractivity contribution < 1.29 is 9.21 Å². The average molecular weight is 219 g/mol. The SMILES string of the molecule is O=C(NCC1CC2CCC1C2)c1ccco1. The molecule has 1 aromatic heterocycles. The minimum Gasteiger partial charge on any atom is -0.459 e. The summed E-state index contributed by atoms with van der Waals surface area (Å²) in [6.45, 7) is 0.820. The first-order chi connectivity index (χ1) is 7.83. The highest BCUT2D eigenvalue weighted by molar-refractivity contribution is 5.91. The van der Waals surface area contributed by atoms with Gasteiger partial charge in [0, 0.05) is 6.54 Å². The maximum absolute atomic E-state index is 11.7. The number of fused-ring (bicyclic) bond motifs is 2.